The topological polar surface area (TPSA) is 20.2 Å². The second-order valence-electron chi connectivity index (χ2n) is 1.86. The van der Waals surface area contributed by atoms with Gasteiger partial charge < -0.3 is 5.02 Å². The molecular weight excluding hydrogens is 168 g/mol. The minimum Gasteiger partial charge on any atom is -0.458 e. The average Bonchev–Trinajstić information content (AvgIpc) is 2.08. The van der Waals surface area contributed by atoms with E-state index in [2.05, 4.69) is 0 Å². The first-order chi connectivity index (χ1) is 5.61. The van der Waals surface area contributed by atoms with Crippen molar-refractivity contribution in [1.29, 1.82) is 0 Å². The Hall–Kier alpha value is -0.965. The Kier molecular flexibility index (Phi) is 4.43. The summed E-state index contributed by atoms with van der Waals surface area (Å²) in [5.41, 5.74) is -0.602. The van der Waals surface area contributed by atoms with Crippen LogP contribution in [0.1, 0.15) is 5.56 Å². The zero-order valence-corrected chi connectivity index (χ0v) is 6.47. The van der Waals surface area contributed by atoms with Crippen LogP contribution in [-0.4, -0.2) is 13.1 Å². The highest BCUT2D eigenvalue weighted by atomic mass is 19.4. The van der Waals surface area contributed by atoms with Crippen LogP contribution in [0.2, 0.25) is 0 Å². The SMILES string of the molecule is BO.FC(F)(F)c1ccccc1. The van der Waals surface area contributed by atoms with Gasteiger partial charge in [-0.25, -0.2) is 0 Å². The molecule has 0 spiro atoms. The van der Waals surface area contributed by atoms with Crippen molar-refractivity contribution in [1.82, 2.24) is 0 Å². The van der Waals surface area contributed by atoms with Gasteiger partial charge in [-0.3, -0.25) is 0 Å². The van der Waals surface area contributed by atoms with Crippen LogP contribution in [0.4, 0.5) is 13.2 Å². The van der Waals surface area contributed by atoms with Crippen molar-refractivity contribution in [3.8, 4) is 0 Å². The number of benzene rings is 1. The predicted molar refractivity (Wildman–Crippen MR) is 42.2 cm³/mol. The van der Waals surface area contributed by atoms with E-state index in [-0.39, 0.29) is 0 Å². The Bertz CT molecular complexity index is 210. The Balaban J connectivity index is 0.000000561. The minimum absolute atomic E-state index is 0.602. The van der Waals surface area contributed by atoms with E-state index in [1.807, 2.05) is 0 Å². The first-order valence-electron chi connectivity index (χ1n) is 3.17. The first kappa shape index (κ1) is 11.0. The molecule has 1 aromatic carbocycles. The maximum absolute atomic E-state index is 11.8. The van der Waals surface area contributed by atoms with Gasteiger partial charge in [0.25, 0.3) is 8.05 Å². The van der Waals surface area contributed by atoms with Crippen molar-refractivity contribution >= 4 is 8.05 Å². The lowest BCUT2D eigenvalue weighted by Crippen LogP contribution is -2.03. The molecule has 0 bridgehead atoms. The molecule has 0 unspecified atom stereocenters. The Morgan fingerprint density at radius 2 is 1.42 bits per heavy atom. The lowest BCUT2D eigenvalue weighted by molar-refractivity contribution is -0.137. The molecule has 0 amide bonds. The van der Waals surface area contributed by atoms with Crippen molar-refractivity contribution < 1.29 is 18.2 Å². The molecule has 0 aliphatic rings. The molecule has 12 heavy (non-hydrogen) atoms. The highest BCUT2D eigenvalue weighted by Crippen LogP contribution is 2.28. The maximum atomic E-state index is 11.8. The lowest BCUT2D eigenvalue weighted by atomic mass is 10.2. The van der Waals surface area contributed by atoms with Crippen LogP contribution < -0.4 is 0 Å². The van der Waals surface area contributed by atoms with Gasteiger partial charge in [0.2, 0.25) is 0 Å². The first-order valence-corrected chi connectivity index (χ1v) is 3.17. The van der Waals surface area contributed by atoms with E-state index in [1.54, 1.807) is 6.07 Å². The van der Waals surface area contributed by atoms with Crippen molar-refractivity contribution in [2.75, 3.05) is 0 Å². The standard InChI is InChI=1S/C7H5F3.BH3O/c8-7(9,10)6-4-2-1-3-5-6;1-2/h1-5H;2H,1H2. The zero-order valence-electron chi connectivity index (χ0n) is 6.47. The second kappa shape index (κ2) is 4.82. The van der Waals surface area contributed by atoms with E-state index < -0.39 is 11.7 Å². The van der Waals surface area contributed by atoms with Gasteiger partial charge in [0.1, 0.15) is 0 Å². The summed E-state index contributed by atoms with van der Waals surface area (Å²) in [7, 11) is 1.00. The van der Waals surface area contributed by atoms with Crippen molar-refractivity contribution in [2.24, 2.45) is 0 Å². The fourth-order valence-electron chi connectivity index (χ4n) is 0.627. The van der Waals surface area contributed by atoms with Crippen LogP contribution in [0.15, 0.2) is 30.3 Å². The molecule has 0 fully saturated rings. The highest BCUT2D eigenvalue weighted by Gasteiger charge is 2.29. The van der Waals surface area contributed by atoms with Gasteiger partial charge in [-0.2, -0.15) is 13.2 Å². The summed E-state index contributed by atoms with van der Waals surface area (Å²) >= 11 is 0. The predicted octanol–water partition coefficient (Wildman–Crippen LogP) is 1.23. The van der Waals surface area contributed by atoms with Gasteiger partial charge in [0.15, 0.2) is 0 Å². The maximum Gasteiger partial charge on any atom is 0.416 e. The molecule has 0 aliphatic carbocycles. The van der Waals surface area contributed by atoms with Gasteiger partial charge in [-0.15, -0.1) is 0 Å². The van der Waals surface area contributed by atoms with Crippen LogP contribution in [0.5, 0.6) is 0 Å². The fourth-order valence-corrected chi connectivity index (χ4v) is 0.627. The van der Waals surface area contributed by atoms with E-state index in [4.69, 9.17) is 5.02 Å². The Morgan fingerprint density at radius 3 is 1.67 bits per heavy atom. The van der Waals surface area contributed by atoms with Gasteiger partial charge >= 0.3 is 6.18 Å². The van der Waals surface area contributed by atoms with Gasteiger partial charge in [-0.1, -0.05) is 30.3 Å². The molecule has 0 saturated carbocycles. The summed E-state index contributed by atoms with van der Waals surface area (Å²) in [6, 6.07) is 6.36. The summed E-state index contributed by atoms with van der Waals surface area (Å²) < 4.78 is 35.4. The van der Waals surface area contributed by atoms with Crippen LogP contribution in [0.25, 0.3) is 0 Å². The number of rotatable bonds is 0. The third-order valence-corrected chi connectivity index (χ3v) is 1.10. The average molecular weight is 176 g/mol. The number of hydrogen-bond acceptors (Lipinski definition) is 1. The third kappa shape index (κ3) is 3.43. The van der Waals surface area contributed by atoms with E-state index in [0.29, 0.717) is 0 Å². The molecule has 0 radical (unpaired) electrons. The Morgan fingerprint density at radius 1 is 1.00 bits per heavy atom. The number of halogens is 3. The highest BCUT2D eigenvalue weighted by molar-refractivity contribution is 5.95. The molecule has 0 aromatic heterocycles. The van der Waals surface area contributed by atoms with Crippen LogP contribution in [0, 0.1) is 0 Å². The largest absolute Gasteiger partial charge is 0.458 e. The summed E-state index contributed by atoms with van der Waals surface area (Å²) in [6.45, 7) is 0. The van der Waals surface area contributed by atoms with Gasteiger partial charge in [-0.05, 0) is 0 Å². The molecule has 66 valence electrons. The fraction of sp³-hybridized carbons (Fsp3) is 0.143. The molecule has 1 aromatic rings. The molecule has 5 heteroatoms. The molecule has 1 N–H and O–H groups in total. The molecule has 0 aliphatic heterocycles. The molecular formula is C7H8BF3O. The monoisotopic (exact) mass is 176 g/mol. The summed E-state index contributed by atoms with van der Waals surface area (Å²) in [6.07, 6.45) is -4.21. The van der Waals surface area contributed by atoms with Crippen LogP contribution in [0.3, 0.4) is 0 Å². The third-order valence-electron chi connectivity index (χ3n) is 1.10. The molecule has 0 saturated heterocycles. The van der Waals surface area contributed by atoms with Crippen molar-refractivity contribution in [2.45, 2.75) is 6.18 Å². The smallest absolute Gasteiger partial charge is 0.416 e. The molecule has 1 nitrogen and oxygen atoms in total. The Labute approximate surface area is 69.3 Å². The normalized spacial score (nSPS) is 10.0. The molecule has 0 heterocycles. The summed E-state index contributed by atoms with van der Waals surface area (Å²) in [4.78, 5) is 0. The molecule has 1 rings (SSSR count). The van der Waals surface area contributed by atoms with Crippen molar-refractivity contribution in [3.05, 3.63) is 35.9 Å². The quantitative estimate of drug-likeness (QED) is 0.589. The van der Waals surface area contributed by atoms with Crippen LogP contribution >= 0.6 is 0 Å². The van der Waals surface area contributed by atoms with Gasteiger partial charge in [0, 0.05) is 0 Å². The molecule has 0 atom stereocenters. The van der Waals surface area contributed by atoms with E-state index in [0.717, 1.165) is 20.2 Å². The van der Waals surface area contributed by atoms with E-state index >= 15 is 0 Å². The zero-order chi connectivity index (χ0) is 9.61. The summed E-state index contributed by atoms with van der Waals surface area (Å²) in [5, 5.41) is 7.00. The van der Waals surface area contributed by atoms with Crippen LogP contribution in [-0.2, 0) is 6.18 Å². The van der Waals surface area contributed by atoms with E-state index in [9.17, 15) is 13.2 Å². The lowest BCUT2D eigenvalue weighted by Gasteiger charge is -2.03. The second-order valence-corrected chi connectivity index (χ2v) is 1.86. The van der Waals surface area contributed by atoms with Crippen molar-refractivity contribution in [3.63, 3.8) is 0 Å². The van der Waals surface area contributed by atoms with E-state index in [1.165, 1.54) is 12.1 Å². The van der Waals surface area contributed by atoms with Gasteiger partial charge in [0.05, 0.1) is 5.56 Å². The summed E-state index contributed by atoms with van der Waals surface area (Å²) in [5.74, 6) is 0. The minimum atomic E-state index is -4.21. The number of alkyl halides is 3. The number of hydrogen-bond donors (Lipinski definition) is 1.